The SMILES string of the molecule is COc1ccc(Nc2nc(NC3CCC(N)CC3)nc3c2ncn3CCC(C)C)c(OC)c1. The zero-order chi connectivity index (χ0) is 23.4. The van der Waals surface area contributed by atoms with Crippen LogP contribution in [0.4, 0.5) is 17.5 Å². The second-order valence-electron chi connectivity index (χ2n) is 9.14. The molecular formula is C24H35N7O2. The van der Waals surface area contributed by atoms with E-state index in [1.165, 1.54) is 0 Å². The van der Waals surface area contributed by atoms with Gasteiger partial charge in [0.25, 0.3) is 0 Å². The van der Waals surface area contributed by atoms with Gasteiger partial charge >= 0.3 is 0 Å². The molecule has 0 bridgehead atoms. The molecule has 9 nitrogen and oxygen atoms in total. The fraction of sp³-hybridized carbons (Fsp3) is 0.542. The van der Waals surface area contributed by atoms with Gasteiger partial charge in [-0.05, 0) is 50.2 Å². The molecule has 0 aliphatic heterocycles. The van der Waals surface area contributed by atoms with Crippen molar-refractivity contribution in [3.63, 3.8) is 0 Å². The summed E-state index contributed by atoms with van der Waals surface area (Å²) in [7, 11) is 3.27. The molecule has 0 saturated heterocycles. The summed E-state index contributed by atoms with van der Waals surface area (Å²) >= 11 is 0. The highest BCUT2D eigenvalue weighted by atomic mass is 16.5. The Bertz CT molecular complexity index is 1070. The molecule has 178 valence electrons. The van der Waals surface area contributed by atoms with Crippen LogP contribution in [0.1, 0.15) is 46.0 Å². The fourth-order valence-electron chi connectivity index (χ4n) is 4.13. The number of hydrogen-bond donors (Lipinski definition) is 3. The van der Waals surface area contributed by atoms with Crippen molar-refractivity contribution in [1.29, 1.82) is 0 Å². The predicted molar refractivity (Wildman–Crippen MR) is 131 cm³/mol. The van der Waals surface area contributed by atoms with Gasteiger partial charge in [-0.3, -0.25) is 0 Å². The lowest BCUT2D eigenvalue weighted by molar-refractivity contribution is 0.395. The van der Waals surface area contributed by atoms with Crippen LogP contribution in [-0.4, -0.2) is 45.8 Å². The van der Waals surface area contributed by atoms with E-state index in [0.29, 0.717) is 35.5 Å². The van der Waals surface area contributed by atoms with Gasteiger partial charge in [-0.15, -0.1) is 0 Å². The fourth-order valence-corrected chi connectivity index (χ4v) is 4.13. The van der Waals surface area contributed by atoms with Crippen LogP contribution in [0.5, 0.6) is 11.5 Å². The Labute approximate surface area is 195 Å². The van der Waals surface area contributed by atoms with Crippen molar-refractivity contribution >= 4 is 28.6 Å². The molecule has 3 aromatic rings. The zero-order valence-electron chi connectivity index (χ0n) is 20.0. The number of nitrogens with one attached hydrogen (secondary N) is 2. The molecule has 1 saturated carbocycles. The topological polar surface area (TPSA) is 112 Å². The van der Waals surface area contributed by atoms with Crippen LogP contribution in [0.25, 0.3) is 11.2 Å². The molecular weight excluding hydrogens is 418 g/mol. The van der Waals surface area contributed by atoms with E-state index in [9.17, 15) is 0 Å². The average Bonchev–Trinajstić information content (AvgIpc) is 3.22. The Kier molecular flexibility index (Phi) is 7.17. The number of aromatic nitrogens is 4. The average molecular weight is 454 g/mol. The molecule has 33 heavy (non-hydrogen) atoms. The summed E-state index contributed by atoms with van der Waals surface area (Å²) in [4.78, 5) is 14.3. The number of nitrogens with two attached hydrogens (primary N) is 1. The quantitative estimate of drug-likeness (QED) is 0.439. The number of anilines is 3. The standard InChI is InChI=1S/C24H35N7O2/c1-15(2)11-12-31-14-26-21-22(28-19-10-9-18(32-3)13-20(19)33-4)29-24(30-23(21)31)27-17-7-5-16(25)6-8-17/h9-10,13-17H,5-8,11-12,25H2,1-4H3,(H2,27,28,29,30). The van der Waals surface area contributed by atoms with Crippen LogP contribution in [0.2, 0.25) is 0 Å². The Morgan fingerprint density at radius 3 is 2.61 bits per heavy atom. The van der Waals surface area contributed by atoms with Gasteiger partial charge in [-0.25, -0.2) is 4.98 Å². The highest BCUT2D eigenvalue weighted by Crippen LogP contribution is 2.33. The van der Waals surface area contributed by atoms with Gasteiger partial charge in [0.05, 0.1) is 26.2 Å². The Balaban J connectivity index is 1.69. The zero-order valence-corrected chi connectivity index (χ0v) is 20.0. The third kappa shape index (κ3) is 5.47. The first-order valence-electron chi connectivity index (χ1n) is 11.7. The first-order valence-corrected chi connectivity index (χ1v) is 11.7. The molecule has 0 spiro atoms. The van der Waals surface area contributed by atoms with Gasteiger partial charge in [-0.1, -0.05) is 13.8 Å². The Morgan fingerprint density at radius 1 is 1.12 bits per heavy atom. The lowest BCUT2D eigenvalue weighted by Gasteiger charge is -2.27. The number of aryl methyl sites for hydroxylation is 1. The van der Waals surface area contributed by atoms with Crippen molar-refractivity contribution in [2.75, 3.05) is 24.9 Å². The maximum atomic E-state index is 6.09. The Hall–Kier alpha value is -3.07. The van der Waals surface area contributed by atoms with Crippen LogP contribution in [0.15, 0.2) is 24.5 Å². The van der Waals surface area contributed by atoms with Crippen molar-refractivity contribution in [3.8, 4) is 11.5 Å². The summed E-state index contributed by atoms with van der Waals surface area (Å²) in [5, 5.41) is 6.95. The minimum Gasteiger partial charge on any atom is -0.497 e. The van der Waals surface area contributed by atoms with E-state index in [1.54, 1.807) is 14.2 Å². The molecule has 0 atom stereocenters. The van der Waals surface area contributed by atoms with Crippen LogP contribution < -0.4 is 25.8 Å². The summed E-state index contributed by atoms with van der Waals surface area (Å²) < 4.78 is 13.0. The van der Waals surface area contributed by atoms with Crippen LogP contribution >= 0.6 is 0 Å². The van der Waals surface area contributed by atoms with Gasteiger partial charge in [0.15, 0.2) is 17.0 Å². The molecule has 2 heterocycles. The molecule has 1 aliphatic carbocycles. The number of nitrogens with zero attached hydrogens (tertiary/aromatic N) is 4. The molecule has 2 aromatic heterocycles. The van der Waals surface area contributed by atoms with Crippen molar-refractivity contribution < 1.29 is 9.47 Å². The molecule has 0 radical (unpaired) electrons. The maximum absolute atomic E-state index is 6.09. The van der Waals surface area contributed by atoms with Gasteiger partial charge in [-0.2, -0.15) is 9.97 Å². The molecule has 0 unspecified atom stereocenters. The van der Waals surface area contributed by atoms with E-state index in [2.05, 4.69) is 34.0 Å². The molecule has 9 heteroatoms. The highest BCUT2D eigenvalue weighted by molar-refractivity contribution is 5.87. The first kappa shape index (κ1) is 23.1. The van der Waals surface area contributed by atoms with E-state index in [4.69, 9.17) is 25.2 Å². The Morgan fingerprint density at radius 2 is 1.91 bits per heavy atom. The lowest BCUT2D eigenvalue weighted by atomic mass is 9.92. The molecule has 0 amide bonds. The van der Waals surface area contributed by atoms with E-state index in [0.717, 1.165) is 61.2 Å². The normalized spacial score (nSPS) is 18.5. The predicted octanol–water partition coefficient (Wildman–Crippen LogP) is 4.32. The second kappa shape index (κ2) is 10.2. The van der Waals surface area contributed by atoms with E-state index in [1.807, 2.05) is 24.5 Å². The molecule has 1 aromatic carbocycles. The molecule has 1 aliphatic rings. The largest absolute Gasteiger partial charge is 0.497 e. The minimum atomic E-state index is 0.295. The minimum absolute atomic E-state index is 0.295. The van der Waals surface area contributed by atoms with Gasteiger partial charge in [0.1, 0.15) is 11.5 Å². The van der Waals surface area contributed by atoms with Crippen molar-refractivity contribution in [1.82, 2.24) is 19.5 Å². The highest BCUT2D eigenvalue weighted by Gasteiger charge is 2.21. The smallest absolute Gasteiger partial charge is 0.227 e. The number of methoxy groups -OCH3 is 2. The molecule has 1 fully saturated rings. The number of hydrogen-bond acceptors (Lipinski definition) is 8. The molecule has 4 rings (SSSR count). The van der Waals surface area contributed by atoms with Crippen molar-refractivity contribution in [2.45, 2.75) is 64.6 Å². The van der Waals surface area contributed by atoms with Gasteiger partial charge in [0.2, 0.25) is 5.95 Å². The first-order chi connectivity index (χ1) is 16.0. The number of benzene rings is 1. The van der Waals surface area contributed by atoms with Gasteiger partial charge in [0, 0.05) is 24.7 Å². The third-order valence-electron chi connectivity index (χ3n) is 6.18. The van der Waals surface area contributed by atoms with Crippen molar-refractivity contribution in [2.24, 2.45) is 11.7 Å². The van der Waals surface area contributed by atoms with Crippen LogP contribution in [0.3, 0.4) is 0 Å². The summed E-state index contributed by atoms with van der Waals surface area (Å²) in [6.45, 7) is 5.30. The summed E-state index contributed by atoms with van der Waals surface area (Å²) in [5.74, 6) is 3.22. The number of imidazole rings is 1. The van der Waals surface area contributed by atoms with Crippen LogP contribution in [0, 0.1) is 5.92 Å². The summed E-state index contributed by atoms with van der Waals surface area (Å²) in [6, 6.07) is 6.25. The summed E-state index contributed by atoms with van der Waals surface area (Å²) in [6.07, 6.45) is 6.96. The monoisotopic (exact) mass is 453 g/mol. The number of rotatable bonds is 9. The lowest BCUT2D eigenvalue weighted by Crippen LogP contribution is -2.33. The van der Waals surface area contributed by atoms with Crippen molar-refractivity contribution in [3.05, 3.63) is 24.5 Å². The maximum Gasteiger partial charge on any atom is 0.227 e. The summed E-state index contributed by atoms with van der Waals surface area (Å²) in [5.41, 5.74) is 8.41. The van der Waals surface area contributed by atoms with Crippen LogP contribution in [-0.2, 0) is 6.54 Å². The number of ether oxygens (including phenoxy) is 2. The molecule has 4 N–H and O–H groups in total. The third-order valence-corrected chi connectivity index (χ3v) is 6.18. The second-order valence-corrected chi connectivity index (χ2v) is 9.14. The van der Waals surface area contributed by atoms with Gasteiger partial charge < -0.3 is 30.4 Å². The van der Waals surface area contributed by atoms with E-state index in [-0.39, 0.29) is 0 Å². The van der Waals surface area contributed by atoms with E-state index >= 15 is 0 Å². The number of fused-ring (bicyclic) bond motifs is 1. The van der Waals surface area contributed by atoms with E-state index < -0.39 is 0 Å².